The van der Waals surface area contributed by atoms with Gasteiger partial charge in [0.05, 0.1) is 5.88 Å². The molecular weight excluding hydrogens is 367 g/mol. The molecule has 96 valence electrons. The molecule has 2 amide bonds. The van der Waals surface area contributed by atoms with Crippen molar-refractivity contribution in [3.05, 3.63) is 27.8 Å². The first kappa shape index (κ1) is 13.5. The van der Waals surface area contributed by atoms with Gasteiger partial charge in [0.1, 0.15) is 6.04 Å². The molecule has 0 aromatic heterocycles. The quantitative estimate of drug-likeness (QED) is 0.775. The fourth-order valence-corrected chi connectivity index (χ4v) is 3.30. The largest absolute Gasteiger partial charge is 0.480 e. The molecule has 5 nitrogen and oxygen atoms in total. The van der Waals surface area contributed by atoms with Crippen molar-refractivity contribution in [3.8, 4) is 0 Å². The number of amides is 2. The molecule has 1 heterocycles. The van der Waals surface area contributed by atoms with Crippen LogP contribution in [0.5, 0.6) is 0 Å². The minimum Gasteiger partial charge on any atom is -0.480 e. The Balaban J connectivity index is 2.06. The maximum absolute atomic E-state index is 12.0. The second kappa shape index (κ2) is 5.79. The summed E-state index contributed by atoms with van der Waals surface area (Å²) in [5.74, 6) is -0.111. The van der Waals surface area contributed by atoms with Crippen LogP contribution in [-0.4, -0.2) is 39.7 Å². The summed E-state index contributed by atoms with van der Waals surface area (Å²) in [5, 5.41) is 11.7. The molecule has 0 bridgehead atoms. The molecular formula is C11H11IN2O3S. The lowest BCUT2D eigenvalue weighted by Crippen LogP contribution is -2.43. The number of hydrogen-bond donors (Lipinski definition) is 2. The third-order valence-corrected chi connectivity index (χ3v) is 4.19. The number of nitrogens with zero attached hydrogens (tertiary/aromatic N) is 1. The average Bonchev–Trinajstić information content (AvgIpc) is 2.77. The highest BCUT2D eigenvalue weighted by atomic mass is 127. The van der Waals surface area contributed by atoms with E-state index in [1.807, 2.05) is 18.2 Å². The maximum Gasteiger partial charge on any atom is 0.327 e. The lowest BCUT2D eigenvalue weighted by Gasteiger charge is -2.20. The summed E-state index contributed by atoms with van der Waals surface area (Å²) in [4.78, 5) is 24.3. The Morgan fingerprint density at radius 2 is 2.28 bits per heavy atom. The van der Waals surface area contributed by atoms with Gasteiger partial charge in [-0.05, 0) is 40.8 Å². The van der Waals surface area contributed by atoms with E-state index in [1.165, 1.54) is 16.7 Å². The standard InChI is InChI=1S/C11H11IN2O3S/c12-7-2-1-3-8(4-7)13-11(17)14-6-18-5-9(14)10(15)16/h1-4,9H,5-6H2,(H,13,17)(H,15,16). The summed E-state index contributed by atoms with van der Waals surface area (Å²) in [6.45, 7) is 0. The number of urea groups is 1. The van der Waals surface area contributed by atoms with Crippen LogP contribution in [0.2, 0.25) is 0 Å². The van der Waals surface area contributed by atoms with Crippen molar-refractivity contribution in [2.24, 2.45) is 0 Å². The number of benzene rings is 1. The van der Waals surface area contributed by atoms with Crippen molar-refractivity contribution >= 4 is 52.0 Å². The van der Waals surface area contributed by atoms with Gasteiger partial charge >= 0.3 is 12.0 Å². The molecule has 0 spiro atoms. The zero-order valence-electron chi connectivity index (χ0n) is 9.30. The van der Waals surface area contributed by atoms with Gasteiger partial charge in [0.2, 0.25) is 0 Å². The number of carbonyl (C=O) groups is 2. The van der Waals surface area contributed by atoms with Gasteiger partial charge in [0.15, 0.2) is 0 Å². The lowest BCUT2D eigenvalue weighted by atomic mass is 10.3. The number of aliphatic carboxylic acids is 1. The Kier molecular flexibility index (Phi) is 4.33. The summed E-state index contributed by atoms with van der Waals surface area (Å²) >= 11 is 3.60. The van der Waals surface area contributed by atoms with Crippen molar-refractivity contribution in [1.29, 1.82) is 0 Å². The van der Waals surface area contributed by atoms with Gasteiger partial charge in [-0.3, -0.25) is 0 Å². The molecule has 0 saturated carbocycles. The van der Waals surface area contributed by atoms with E-state index in [4.69, 9.17) is 5.11 Å². The highest BCUT2D eigenvalue weighted by Gasteiger charge is 2.34. The van der Waals surface area contributed by atoms with E-state index in [9.17, 15) is 9.59 Å². The van der Waals surface area contributed by atoms with Crippen LogP contribution in [0.25, 0.3) is 0 Å². The topological polar surface area (TPSA) is 69.6 Å². The predicted molar refractivity (Wildman–Crippen MR) is 78.8 cm³/mol. The van der Waals surface area contributed by atoms with Crippen LogP contribution in [0.3, 0.4) is 0 Å². The van der Waals surface area contributed by atoms with E-state index < -0.39 is 12.0 Å². The Morgan fingerprint density at radius 1 is 1.50 bits per heavy atom. The molecule has 0 radical (unpaired) electrons. The van der Waals surface area contributed by atoms with Crippen LogP contribution in [0.4, 0.5) is 10.5 Å². The number of carbonyl (C=O) groups excluding carboxylic acids is 1. The van der Waals surface area contributed by atoms with Gasteiger partial charge < -0.3 is 15.3 Å². The minimum atomic E-state index is -0.960. The van der Waals surface area contributed by atoms with Crippen LogP contribution >= 0.6 is 34.4 Å². The number of hydrogen-bond acceptors (Lipinski definition) is 3. The van der Waals surface area contributed by atoms with Crippen LogP contribution in [-0.2, 0) is 4.79 Å². The van der Waals surface area contributed by atoms with Crippen LogP contribution < -0.4 is 5.32 Å². The fourth-order valence-electron chi connectivity index (χ4n) is 1.61. The van der Waals surface area contributed by atoms with Gasteiger partial charge in [-0.1, -0.05) is 6.07 Å². The first-order valence-corrected chi connectivity index (χ1v) is 7.45. The SMILES string of the molecule is O=C(O)C1CSCN1C(=O)Nc1cccc(I)c1. The monoisotopic (exact) mass is 378 g/mol. The van der Waals surface area contributed by atoms with E-state index in [0.29, 0.717) is 17.3 Å². The molecule has 2 N–H and O–H groups in total. The maximum atomic E-state index is 12.0. The van der Waals surface area contributed by atoms with Gasteiger partial charge in [-0.2, -0.15) is 0 Å². The second-order valence-electron chi connectivity index (χ2n) is 3.76. The first-order chi connectivity index (χ1) is 8.58. The van der Waals surface area contributed by atoms with Crippen molar-refractivity contribution < 1.29 is 14.7 Å². The number of thioether (sulfide) groups is 1. The molecule has 1 fully saturated rings. The summed E-state index contributed by atoms with van der Waals surface area (Å²) in [5.41, 5.74) is 0.674. The lowest BCUT2D eigenvalue weighted by molar-refractivity contribution is -0.140. The molecule has 0 aliphatic carbocycles. The second-order valence-corrected chi connectivity index (χ2v) is 6.01. The van der Waals surface area contributed by atoms with Gasteiger partial charge in [-0.25, -0.2) is 9.59 Å². The van der Waals surface area contributed by atoms with E-state index in [2.05, 4.69) is 27.9 Å². The number of halogens is 1. The normalized spacial score (nSPS) is 18.7. The highest BCUT2D eigenvalue weighted by molar-refractivity contribution is 14.1. The van der Waals surface area contributed by atoms with Crippen LogP contribution in [0, 0.1) is 3.57 Å². The molecule has 1 aliphatic heterocycles. The van der Waals surface area contributed by atoms with E-state index in [0.717, 1.165) is 3.57 Å². The number of carboxylic acid groups (broad SMARTS) is 1. The summed E-state index contributed by atoms with van der Waals surface area (Å²) in [6, 6.07) is 6.26. The highest BCUT2D eigenvalue weighted by Crippen LogP contribution is 2.22. The molecule has 1 unspecified atom stereocenters. The van der Waals surface area contributed by atoms with Crippen LogP contribution in [0.1, 0.15) is 0 Å². The molecule has 1 aromatic carbocycles. The zero-order valence-corrected chi connectivity index (χ0v) is 12.3. The molecule has 7 heteroatoms. The van der Waals surface area contributed by atoms with Crippen molar-refractivity contribution in [2.45, 2.75) is 6.04 Å². The Bertz CT molecular complexity index is 483. The van der Waals surface area contributed by atoms with Gasteiger partial charge in [0, 0.05) is 15.0 Å². The van der Waals surface area contributed by atoms with Crippen molar-refractivity contribution in [3.63, 3.8) is 0 Å². The Labute approximate surface area is 122 Å². The van der Waals surface area contributed by atoms with Gasteiger partial charge in [-0.15, -0.1) is 11.8 Å². The van der Waals surface area contributed by atoms with Crippen molar-refractivity contribution in [1.82, 2.24) is 4.90 Å². The van der Waals surface area contributed by atoms with Crippen LogP contribution in [0.15, 0.2) is 24.3 Å². The molecule has 1 saturated heterocycles. The smallest absolute Gasteiger partial charge is 0.327 e. The molecule has 1 aliphatic rings. The minimum absolute atomic E-state index is 0.366. The molecule has 1 atom stereocenters. The average molecular weight is 378 g/mol. The Hall–Kier alpha value is -0.960. The van der Waals surface area contributed by atoms with Crippen molar-refractivity contribution in [2.75, 3.05) is 16.9 Å². The van der Waals surface area contributed by atoms with Gasteiger partial charge in [0.25, 0.3) is 0 Å². The third kappa shape index (κ3) is 3.08. The summed E-state index contributed by atoms with van der Waals surface area (Å²) in [6.07, 6.45) is 0. The number of anilines is 1. The molecule has 1 aromatic rings. The molecule has 18 heavy (non-hydrogen) atoms. The number of rotatable bonds is 2. The zero-order chi connectivity index (χ0) is 13.1. The van der Waals surface area contributed by atoms with E-state index in [1.54, 1.807) is 6.07 Å². The fraction of sp³-hybridized carbons (Fsp3) is 0.273. The Morgan fingerprint density at radius 3 is 2.94 bits per heavy atom. The number of nitrogens with one attached hydrogen (secondary N) is 1. The summed E-state index contributed by atoms with van der Waals surface area (Å²) in [7, 11) is 0. The molecule has 2 rings (SSSR count). The third-order valence-electron chi connectivity index (χ3n) is 2.50. The first-order valence-electron chi connectivity index (χ1n) is 5.21. The van der Waals surface area contributed by atoms with E-state index in [-0.39, 0.29) is 6.03 Å². The number of carboxylic acids is 1. The van der Waals surface area contributed by atoms with E-state index >= 15 is 0 Å². The predicted octanol–water partition coefficient (Wildman–Crippen LogP) is 2.28. The summed E-state index contributed by atoms with van der Waals surface area (Å²) < 4.78 is 1.01.